The molecule has 1 aliphatic rings. The van der Waals surface area contributed by atoms with Crippen LogP contribution in [-0.2, 0) is 9.59 Å². The van der Waals surface area contributed by atoms with Crippen molar-refractivity contribution in [1.82, 2.24) is 10.6 Å². The van der Waals surface area contributed by atoms with Crippen LogP contribution in [0.4, 0.5) is 5.69 Å². The second-order valence-electron chi connectivity index (χ2n) is 10.2. The fourth-order valence-electron chi connectivity index (χ4n) is 5.19. The van der Waals surface area contributed by atoms with Gasteiger partial charge in [0.05, 0.1) is 24.4 Å². The van der Waals surface area contributed by atoms with Crippen molar-refractivity contribution < 1.29 is 19.1 Å². The van der Waals surface area contributed by atoms with Gasteiger partial charge < -0.3 is 15.4 Å². The maximum Gasteiger partial charge on any atom is 0.251 e. The maximum atomic E-state index is 14.2. The van der Waals surface area contributed by atoms with Gasteiger partial charge in [-0.3, -0.25) is 19.3 Å². The molecule has 3 aromatic carbocycles. The van der Waals surface area contributed by atoms with Crippen LogP contribution < -0.4 is 20.3 Å². The second kappa shape index (κ2) is 14.4. The number of hydrogen-bond donors (Lipinski definition) is 2. The number of ketones is 1. The number of rotatable bonds is 14. The molecule has 1 atom stereocenters. The van der Waals surface area contributed by atoms with E-state index in [2.05, 4.69) is 17.6 Å². The molecule has 0 bridgehead atoms. The van der Waals surface area contributed by atoms with Crippen molar-refractivity contribution in [2.75, 3.05) is 31.6 Å². The van der Waals surface area contributed by atoms with Crippen LogP contribution in [0.5, 0.6) is 5.75 Å². The van der Waals surface area contributed by atoms with Gasteiger partial charge in [-0.2, -0.15) is 0 Å². The summed E-state index contributed by atoms with van der Waals surface area (Å²) in [6, 6.07) is 24.2. The van der Waals surface area contributed by atoms with E-state index in [1.807, 2.05) is 61.5 Å². The minimum Gasteiger partial charge on any atom is -0.497 e. The summed E-state index contributed by atoms with van der Waals surface area (Å²) in [5.41, 5.74) is 4.19. The smallest absolute Gasteiger partial charge is 0.251 e. The number of aryl methyl sites for hydroxylation is 1. The van der Waals surface area contributed by atoms with Crippen molar-refractivity contribution in [3.05, 3.63) is 101 Å². The lowest BCUT2D eigenvalue weighted by atomic mass is 9.90. The van der Waals surface area contributed by atoms with Crippen molar-refractivity contribution in [2.45, 2.75) is 39.5 Å². The van der Waals surface area contributed by atoms with Crippen molar-refractivity contribution in [3.63, 3.8) is 0 Å². The predicted molar refractivity (Wildman–Crippen MR) is 163 cm³/mol. The third kappa shape index (κ3) is 7.11. The van der Waals surface area contributed by atoms with Crippen molar-refractivity contribution in [1.29, 1.82) is 0 Å². The van der Waals surface area contributed by atoms with Crippen LogP contribution in [0.15, 0.2) is 84.4 Å². The summed E-state index contributed by atoms with van der Waals surface area (Å²) < 4.78 is 5.18. The number of methoxy groups -OCH3 is 1. The Hall–Kier alpha value is -4.23. The molecule has 0 saturated heterocycles. The van der Waals surface area contributed by atoms with Crippen LogP contribution in [0.1, 0.15) is 54.1 Å². The van der Waals surface area contributed by atoms with Gasteiger partial charge in [0, 0.05) is 24.1 Å². The first-order chi connectivity index (χ1) is 20.0. The zero-order chi connectivity index (χ0) is 29.2. The SMILES string of the molecule is CCCNCCCC(=O)C1=C(c2ccccc2)N(c2ccccc2C)C(=O)C1CCNC(=O)c1ccc(OC)cc1. The molecule has 0 aromatic heterocycles. The van der Waals surface area contributed by atoms with Gasteiger partial charge in [-0.1, -0.05) is 55.5 Å². The summed E-state index contributed by atoms with van der Waals surface area (Å²) in [7, 11) is 1.58. The first kappa shape index (κ1) is 29.7. The van der Waals surface area contributed by atoms with E-state index < -0.39 is 5.92 Å². The van der Waals surface area contributed by atoms with Gasteiger partial charge in [-0.25, -0.2) is 0 Å². The average Bonchev–Trinajstić information content (AvgIpc) is 3.29. The first-order valence-electron chi connectivity index (χ1n) is 14.3. The zero-order valence-corrected chi connectivity index (χ0v) is 24.1. The highest BCUT2D eigenvalue weighted by atomic mass is 16.5. The minimum absolute atomic E-state index is 0.0296. The second-order valence-corrected chi connectivity index (χ2v) is 10.2. The topological polar surface area (TPSA) is 87.7 Å². The minimum atomic E-state index is -0.669. The molecule has 0 saturated carbocycles. The first-order valence-corrected chi connectivity index (χ1v) is 14.3. The van der Waals surface area contributed by atoms with E-state index in [0.717, 1.165) is 36.3 Å². The van der Waals surface area contributed by atoms with E-state index in [1.165, 1.54) is 0 Å². The number of para-hydroxylation sites is 1. The van der Waals surface area contributed by atoms with Crippen molar-refractivity contribution in [3.8, 4) is 5.75 Å². The molecule has 4 rings (SSSR count). The Morgan fingerprint density at radius 3 is 2.29 bits per heavy atom. The normalized spacial score (nSPS) is 14.9. The Morgan fingerprint density at radius 1 is 0.902 bits per heavy atom. The molecule has 7 nitrogen and oxygen atoms in total. The number of amides is 2. The Labute approximate surface area is 242 Å². The van der Waals surface area contributed by atoms with Gasteiger partial charge in [-0.05, 0) is 80.7 Å². The third-order valence-corrected chi connectivity index (χ3v) is 7.30. The average molecular weight is 554 g/mol. The molecule has 214 valence electrons. The zero-order valence-electron chi connectivity index (χ0n) is 24.1. The quantitative estimate of drug-likeness (QED) is 0.256. The standard InChI is InChI=1S/C34H39N3O4/c1-4-21-35-22-10-15-30(38)31-28(20-23-36-33(39)26-16-18-27(41-3)19-17-26)34(40)37(29-14-9-8-11-24(29)2)32(31)25-12-6-5-7-13-25/h5-9,11-14,16-19,28,35H,4,10,15,20-23H2,1-3H3,(H,36,39). The monoisotopic (exact) mass is 553 g/mol. The maximum absolute atomic E-state index is 14.2. The molecule has 3 aromatic rings. The van der Waals surface area contributed by atoms with E-state index in [4.69, 9.17) is 4.74 Å². The Balaban J connectivity index is 1.65. The number of carbonyl (C=O) groups excluding carboxylic acids is 3. The predicted octanol–water partition coefficient (Wildman–Crippen LogP) is 5.55. The summed E-state index contributed by atoms with van der Waals surface area (Å²) in [6.45, 7) is 5.97. The molecule has 0 radical (unpaired) electrons. The molecule has 1 aliphatic heterocycles. The summed E-state index contributed by atoms with van der Waals surface area (Å²) >= 11 is 0. The van der Waals surface area contributed by atoms with Crippen LogP contribution in [0.25, 0.3) is 5.70 Å². The molecule has 1 unspecified atom stereocenters. The molecule has 7 heteroatoms. The van der Waals surface area contributed by atoms with Crippen LogP contribution in [-0.4, -0.2) is 44.3 Å². The van der Waals surface area contributed by atoms with Gasteiger partial charge >= 0.3 is 0 Å². The van der Waals surface area contributed by atoms with E-state index in [1.54, 1.807) is 36.3 Å². The van der Waals surface area contributed by atoms with E-state index in [0.29, 0.717) is 41.8 Å². The number of ether oxygens (including phenoxy) is 1. The number of Topliss-reactive ketones (excluding diaryl/α,β-unsaturated/α-hetero) is 1. The number of anilines is 1. The Bertz CT molecular complexity index is 1380. The van der Waals surface area contributed by atoms with Gasteiger partial charge in [-0.15, -0.1) is 0 Å². The third-order valence-electron chi connectivity index (χ3n) is 7.30. The number of benzene rings is 3. The van der Waals surface area contributed by atoms with Gasteiger partial charge in [0.15, 0.2) is 5.78 Å². The summed E-state index contributed by atoms with van der Waals surface area (Å²) in [6.07, 6.45) is 2.37. The number of hydrogen-bond acceptors (Lipinski definition) is 5. The number of carbonyl (C=O) groups is 3. The lowest BCUT2D eigenvalue weighted by Crippen LogP contribution is -2.32. The molecule has 2 amide bonds. The van der Waals surface area contributed by atoms with Crippen LogP contribution >= 0.6 is 0 Å². The molecule has 2 N–H and O–H groups in total. The lowest BCUT2D eigenvalue weighted by molar-refractivity contribution is -0.122. The molecule has 0 fully saturated rings. The molecule has 0 spiro atoms. The largest absolute Gasteiger partial charge is 0.497 e. The van der Waals surface area contributed by atoms with Gasteiger partial charge in [0.1, 0.15) is 5.75 Å². The highest BCUT2D eigenvalue weighted by Gasteiger charge is 2.43. The molecular formula is C34H39N3O4. The number of nitrogens with one attached hydrogen (secondary N) is 2. The highest BCUT2D eigenvalue weighted by Crippen LogP contribution is 2.42. The summed E-state index contributed by atoms with van der Waals surface area (Å²) in [5, 5.41) is 6.29. The van der Waals surface area contributed by atoms with Crippen LogP contribution in [0, 0.1) is 12.8 Å². The van der Waals surface area contributed by atoms with E-state index in [-0.39, 0.29) is 24.1 Å². The molecule has 41 heavy (non-hydrogen) atoms. The van der Waals surface area contributed by atoms with E-state index in [9.17, 15) is 14.4 Å². The van der Waals surface area contributed by atoms with Crippen LogP contribution in [0.2, 0.25) is 0 Å². The molecule has 0 aliphatic carbocycles. The lowest BCUT2D eigenvalue weighted by Gasteiger charge is -2.23. The summed E-state index contributed by atoms with van der Waals surface area (Å²) in [5.74, 6) is -0.420. The van der Waals surface area contributed by atoms with Crippen LogP contribution in [0.3, 0.4) is 0 Å². The Morgan fingerprint density at radius 2 is 1.61 bits per heavy atom. The fraction of sp³-hybridized carbons (Fsp3) is 0.324. The van der Waals surface area contributed by atoms with Gasteiger partial charge in [0.2, 0.25) is 5.91 Å². The van der Waals surface area contributed by atoms with Crippen molar-refractivity contribution in [2.24, 2.45) is 5.92 Å². The molecular weight excluding hydrogens is 514 g/mol. The highest BCUT2D eigenvalue weighted by molar-refractivity contribution is 6.22. The van der Waals surface area contributed by atoms with Crippen molar-refractivity contribution >= 4 is 29.0 Å². The molecule has 1 heterocycles. The summed E-state index contributed by atoms with van der Waals surface area (Å²) in [4.78, 5) is 42.6. The fourth-order valence-corrected chi connectivity index (χ4v) is 5.19. The van der Waals surface area contributed by atoms with E-state index >= 15 is 0 Å². The Kier molecular flexibility index (Phi) is 10.5. The van der Waals surface area contributed by atoms with Gasteiger partial charge in [0.25, 0.3) is 5.91 Å². The number of nitrogens with zero attached hydrogens (tertiary/aromatic N) is 1.